The van der Waals surface area contributed by atoms with Crippen molar-refractivity contribution >= 4 is 17.6 Å². The lowest BCUT2D eigenvalue weighted by molar-refractivity contribution is -0.116. The van der Waals surface area contributed by atoms with Crippen molar-refractivity contribution < 1.29 is 14.3 Å². The Bertz CT molecular complexity index is 670. The molecule has 1 heterocycles. The van der Waals surface area contributed by atoms with Crippen LogP contribution >= 0.6 is 0 Å². The van der Waals surface area contributed by atoms with E-state index in [0.717, 1.165) is 17.0 Å². The molecule has 0 radical (unpaired) electrons. The molecule has 0 atom stereocenters. The zero-order valence-corrected chi connectivity index (χ0v) is 13.6. The number of benzene rings is 1. The molecule has 1 amide bonds. The Morgan fingerprint density at radius 2 is 1.91 bits per heavy atom. The number of rotatable bonds is 6. The number of amides is 1. The summed E-state index contributed by atoms with van der Waals surface area (Å²) in [6.45, 7) is 5.96. The molecule has 0 aliphatic heterocycles. The van der Waals surface area contributed by atoms with Crippen LogP contribution < -0.4 is 5.32 Å². The second kappa shape index (κ2) is 7.58. The molecule has 23 heavy (non-hydrogen) atoms. The van der Waals surface area contributed by atoms with E-state index >= 15 is 0 Å². The van der Waals surface area contributed by atoms with Crippen molar-refractivity contribution in [2.75, 3.05) is 11.9 Å². The van der Waals surface area contributed by atoms with Crippen LogP contribution in [0.5, 0.6) is 0 Å². The fourth-order valence-corrected chi connectivity index (χ4v) is 2.31. The van der Waals surface area contributed by atoms with Gasteiger partial charge in [0.15, 0.2) is 0 Å². The lowest BCUT2D eigenvalue weighted by Crippen LogP contribution is -2.13. The minimum atomic E-state index is -0.365. The van der Waals surface area contributed by atoms with Crippen molar-refractivity contribution in [1.82, 2.24) is 10.2 Å². The Hall–Kier alpha value is -2.63. The number of aromatic amines is 1. The molecule has 2 aromatic rings. The van der Waals surface area contributed by atoms with Crippen molar-refractivity contribution in [3.05, 3.63) is 46.8 Å². The van der Waals surface area contributed by atoms with Gasteiger partial charge in [0.25, 0.3) is 0 Å². The van der Waals surface area contributed by atoms with E-state index in [1.165, 1.54) is 0 Å². The molecule has 0 bridgehead atoms. The Kier molecular flexibility index (Phi) is 5.51. The van der Waals surface area contributed by atoms with Gasteiger partial charge in [0.1, 0.15) is 0 Å². The third-order valence-electron chi connectivity index (χ3n) is 3.56. The molecule has 0 aliphatic carbocycles. The molecule has 0 saturated carbocycles. The highest BCUT2D eigenvalue weighted by atomic mass is 16.5. The number of ether oxygens (including phenoxy) is 1. The lowest BCUT2D eigenvalue weighted by Gasteiger charge is -2.07. The maximum Gasteiger partial charge on any atom is 0.338 e. The van der Waals surface area contributed by atoms with Crippen LogP contribution in [-0.2, 0) is 16.0 Å². The minimum absolute atomic E-state index is 0.0751. The highest BCUT2D eigenvalue weighted by Crippen LogP contribution is 2.14. The number of anilines is 1. The van der Waals surface area contributed by atoms with Crippen molar-refractivity contribution in [3.8, 4) is 0 Å². The quantitative estimate of drug-likeness (QED) is 0.803. The number of H-pyrrole nitrogens is 1. The fraction of sp³-hybridized carbons (Fsp3) is 0.353. The molecular formula is C17H21N3O3. The Morgan fingerprint density at radius 3 is 2.48 bits per heavy atom. The number of carbonyl (C=O) groups excluding carboxylic acids is 2. The summed E-state index contributed by atoms with van der Waals surface area (Å²) in [6.07, 6.45) is 1.02. The number of hydrogen-bond donors (Lipinski definition) is 2. The zero-order valence-electron chi connectivity index (χ0n) is 13.6. The molecule has 0 saturated heterocycles. The van der Waals surface area contributed by atoms with Crippen LogP contribution in [0, 0.1) is 13.8 Å². The summed E-state index contributed by atoms with van der Waals surface area (Å²) < 4.78 is 4.92. The van der Waals surface area contributed by atoms with Crippen molar-refractivity contribution in [2.24, 2.45) is 0 Å². The number of nitrogens with zero attached hydrogens (tertiary/aromatic N) is 1. The standard InChI is InChI=1S/C17H21N3O3/c1-4-23-17(22)13-5-7-14(8-6-13)18-16(21)10-9-15-11(2)19-20-12(15)3/h5-8H,4,9-10H2,1-3H3,(H,18,21)(H,19,20). The summed E-state index contributed by atoms with van der Waals surface area (Å²) in [5.41, 5.74) is 4.12. The molecule has 2 rings (SSSR count). The Labute approximate surface area is 135 Å². The maximum atomic E-state index is 12.0. The number of carbonyl (C=O) groups is 2. The Morgan fingerprint density at radius 1 is 1.22 bits per heavy atom. The first-order chi connectivity index (χ1) is 11.0. The van der Waals surface area contributed by atoms with Gasteiger partial charge in [-0.1, -0.05) is 0 Å². The first kappa shape index (κ1) is 16.7. The van der Waals surface area contributed by atoms with Crippen LogP contribution in [0.15, 0.2) is 24.3 Å². The SMILES string of the molecule is CCOC(=O)c1ccc(NC(=O)CCc2c(C)n[nH]c2C)cc1. The first-order valence-electron chi connectivity index (χ1n) is 7.58. The smallest absolute Gasteiger partial charge is 0.338 e. The first-order valence-corrected chi connectivity index (χ1v) is 7.58. The molecule has 0 fully saturated rings. The molecule has 1 aromatic heterocycles. The average Bonchev–Trinajstić information content (AvgIpc) is 2.85. The van der Waals surface area contributed by atoms with Crippen LogP contribution in [0.1, 0.15) is 40.7 Å². The van der Waals surface area contributed by atoms with E-state index in [4.69, 9.17) is 4.74 Å². The van der Waals surface area contributed by atoms with Gasteiger partial charge in [-0.05, 0) is 57.0 Å². The predicted octanol–water partition coefficient (Wildman–Crippen LogP) is 2.77. The van der Waals surface area contributed by atoms with E-state index in [1.54, 1.807) is 31.2 Å². The van der Waals surface area contributed by atoms with Gasteiger partial charge < -0.3 is 10.1 Å². The number of nitrogens with one attached hydrogen (secondary N) is 2. The summed E-state index contributed by atoms with van der Waals surface area (Å²) >= 11 is 0. The summed E-state index contributed by atoms with van der Waals surface area (Å²) in [4.78, 5) is 23.6. The third-order valence-corrected chi connectivity index (χ3v) is 3.56. The van der Waals surface area contributed by atoms with Gasteiger partial charge in [-0.15, -0.1) is 0 Å². The zero-order chi connectivity index (χ0) is 16.8. The van der Waals surface area contributed by atoms with E-state index in [9.17, 15) is 9.59 Å². The second-order valence-corrected chi connectivity index (χ2v) is 5.26. The number of esters is 1. The summed E-state index contributed by atoms with van der Waals surface area (Å²) in [5.74, 6) is -0.440. The highest BCUT2D eigenvalue weighted by molar-refractivity contribution is 5.93. The van der Waals surface area contributed by atoms with E-state index in [1.807, 2.05) is 13.8 Å². The number of aromatic nitrogens is 2. The third kappa shape index (κ3) is 4.42. The Balaban J connectivity index is 1.89. The van der Waals surface area contributed by atoms with E-state index in [0.29, 0.717) is 30.7 Å². The van der Waals surface area contributed by atoms with Crippen LogP contribution in [0.3, 0.4) is 0 Å². The molecular weight excluding hydrogens is 294 g/mol. The van der Waals surface area contributed by atoms with Crippen LogP contribution in [0.25, 0.3) is 0 Å². The molecule has 0 spiro atoms. The summed E-state index contributed by atoms with van der Waals surface area (Å²) in [7, 11) is 0. The molecule has 6 heteroatoms. The number of hydrogen-bond acceptors (Lipinski definition) is 4. The molecule has 6 nitrogen and oxygen atoms in total. The van der Waals surface area contributed by atoms with Gasteiger partial charge in [0.05, 0.1) is 17.9 Å². The van der Waals surface area contributed by atoms with Gasteiger partial charge in [0, 0.05) is 17.8 Å². The molecule has 2 N–H and O–H groups in total. The summed E-state index contributed by atoms with van der Waals surface area (Å²) in [6, 6.07) is 6.66. The van der Waals surface area contributed by atoms with E-state index < -0.39 is 0 Å². The summed E-state index contributed by atoms with van der Waals surface area (Å²) in [5, 5.41) is 9.85. The molecule has 122 valence electrons. The van der Waals surface area contributed by atoms with Gasteiger partial charge >= 0.3 is 5.97 Å². The highest BCUT2D eigenvalue weighted by Gasteiger charge is 2.10. The normalized spacial score (nSPS) is 10.4. The van der Waals surface area contributed by atoms with Gasteiger partial charge in [0.2, 0.25) is 5.91 Å². The monoisotopic (exact) mass is 315 g/mol. The topological polar surface area (TPSA) is 84.1 Å². The predicted molar refractivity (Wildman–Crippen MR) is 87.4 cm³/mol. The lowest BCUT2D eigenvalue weighted by atomic mass is 10.1. The average molecular weight is 315 g/mol. The van der Waals surface area contributed by atoms with Crippen LogP contribution in [0.4, 0.5) is 5.69 Å². The molecule has 0 aliphatic rings. The second-order valence-electron chi connectivity index (χ2n) is 5.26. The number of aryl methyl sites for hydroxylation is 2. The van der Waals surface area contributed by atoms with Gasteiger partial charge in [-0.2, -0.15) is 5.10 Å². The van der Waals surface area contributed by atoms with Gasteiger partial charge in [-0.3, -0.25) is 9.89 Å². The maximum absolute atomic E-state index is 12.0. The molecule has 0 unspecified atom stereocenters. The van der Waals surface area contributed by atoms with Crippen molar-refractivity contribution in [3.63, 3.8) is 0 Å². The fourth-order valence-electron chi connectivity index (χ4n) is 2.31. The van der Waals surface area contributed by atoms with Crippen molar-refractivity contribution in [2.45, 2.75) is 33.6 Å². The molecule has 1 aromatic carbocycles. The van der Waals surface area contributed by atoms with Crippen LogP contribution in [0.2, 0.25) is 0 Å². The largest absolute Gasteiger partial charge is 0.462 e. The van der Waals surface area contributed by atoms with E-state index in [-0.39, 0.29) is 11.9 Å². The minimum Gasteiger partial charge on any atom is -0.462 e. The van der Waals surface area contributed by atoms with E-state index in [2.05, 4.69) is 15.5 Å². The van der Waals surface area contributed by atoms with Crippen LogP contribution in [-0.4, -0.2) is 28.7 Å². The van der Waals surface area contributed by atoms with Crippen molar-refractivity contribution in [1.29, 1.82) is 0 Å². The van der Waals surface area contributed by atoms with Gasteiger partial charge in [-0.25, -0.2) is 4.79 Å².